The fourth-order valence-electron chi connectivity index (χ4n) is 3.73. The van der Waals surface area contributed by atoms with Gasteiger partial charge in [0.15, 0.2) is 0 Å². The van der Waals surface area contributed by atoms with Gasteiger partial charge in [-0.05, 0) is 50.3 Å². The number of hydrogen-bond donors (Lipinski definition) is 2. The van der Waals surface area contributed by atoms with Crippen LogP contribution < -0.4 is 15.0 Å². The number of carboxylic acids is 1. The van der Waals surface area contributed by atoms with Gasteiger partial charge in [0.2, 0.25) is 11.8 Å². The van der Waals surface area contributed by atoms with Gasteiger partial charge in [-0.25, -0.2) is 0 Å². The van der Waals surface area contributed by atoms with E-state index in [9.17, 15) is 14.4 Å². The molecule has 1 aromatic rings. The highest BCUT2D eigenvalue weighted by Gasteiger charge is 2.34. The van der Waals surface area contributed by atoms with Gasteiger partial charge in [0.05, 0.1) is 18.7 Å². The van der Waals surface area contributed by atoms with E-state index < -0.39 is 11.9 Å². The highest BCUT2D eigenvalue weighted by atomic mass is 16.5. The fraction of sp³-hybridized carbons (Fsp3) is 0.526. The van der Waals surface area contributed by atoms with E-state index in [1.807, 2.05) is 0 Å². The van der Waals surface area contributed by atoms with E-state index in [0.717, 1.165) is 12.8 Å². The van der Waals surface area contributed by atoms with E-state index in [1.54, 1.807) is 30.2 Å². The van der Waals surface area contributed by atoms with Crippen LogP contribution in [0.4, 0.5) is 11.4 Å². The molecule has 1 aliphatic carbocycles. The molecule has 2 atom stereocenters. The van der Waals surface area contributed by atoms with E-state index in [1.165, 1.54) is 0 Å². The Morgan fingerprint density at radius 3 is 2.65 bits per heavy atom. The second kappa shape index (κ2) is 7.76. The van der Waals surface area contributed by atoms with Crippen molar-refractivity contribution in [1.82, 2.24) is 0 Å². The van der Waals surface area contributed by atoms with Crippen molar-refractivity contribution in [3.8, 4) is 5.75 Å². The highest BCUT2D eigenvalue weighted by molar-refractivity contribution is 5.98. The summed E-state index contributed by atoms with van der Waals surface area (Å²) < 4.78 is 5.38. The summed E-state index contributed by atoms with van der Waals surface area (Å²) in [4.78, 5) is 37.5. The molecule has 2 fully saturated rings. The lowest BCUT2D eigenvalue weighted by atomic mass is 10.0. The standard InChI is InChI=1S/C19H24N2O5/c1-26-16-8-7-14(11-15(16)21-9-3-2-4-17(21)22)20-18(23)12-5-6-13(10-12)19(24)25/h7-8,11-13H,2-6,9-10H2,1H3,(H,20,23)(H,24,25)/t12-,13+/m1/s1. The lowest BCUT2D eigenvalue weighted by Gasteiger charge is -2.28. The Kier molecular flexibility index (Phi) is 5.44. The average Bonchev–Trinajstić information content (AvgIpc) is 3.13. The van der Waals surface area contributed by atoms with E-state index >= 15 is 0 Å². The zero-order chi connectivity index (χ0) is 18.7. The second-order valence-electron chi connectivity index (χ2n) is 6.92. The number of carbonyl (C=O) groups excluding carboxylic acids is 2. The first-order chi connectivity index (χ1) is 12.5. The zero-order valence-electron chi connectivity index (χ0n) is 14.9. The summed E-state index contributed by atoms with van der Waals surface area (Å²) in [7, 11) is 1.55. The maximum atomic E-state index is 12.5. The lowest BCUT2D eigenvalue weighted by Crippen LogP contribution is -2.35. The number of ether oxygens (including phenoxy) is 1. The normalized spacial score (nSPS) is 23.0. The molecule has 7 heteroatoms. The lowest BCUT2D eigenvalue weighted by molar-refractivity contribution is -0.141. The Balaban J connectivity index is 1.74. The number of piperidine rings is 1. The van der Waals surface area contributed by atoms with Gasteiger partial charge in [0.1, 0.15) is 5.75 Å². The number of nitrogens with one attached hydrogen (secondary N) is 1. The van der Waals surface area contributed by atoms with Gasteiger partial charge in [0.25, 0.3) is 0 Å². The van der Waals surface area contributed by atoms with Crippen molar-refractivity contribution in [2.24, 2.45) is 11.8 Å². The zero-order valence-corrected chi connectivity index (χ0v) is 14.9. The molecular formula is C19H24N2O5. The van der Waals surface area contributed by atoms with Gasteiger partial charge in [-0.2, -0.15) is 0 Å². The Morgan fingerprint density at radius 1 is 1.23 bits per heavy atom. The summed E-state index contributed by atoms with van der Waals surface area (Å²) in [5.74, 6) is -1.10. The molecule has 3 rings (SSSR count). The van der Waals surface area contributed by atoms with Crippen LogP contribution >= 0.6 is 0 Å². The number of nitrogens with zero attached hydrogens (tertiary/aromatic N) is 1. The highest BCUT2D eigenvalue weighted by Crippen LogP contribution is 2.35. The number of anilines is 2. The third kappa shape index (κ3) is 3.81. The minimum atomic E-state index is -0.837. The molecule has 140 valence electrons. The van der Waals surface area contributed by atoms with Crippen molar-refractivity contribution in [3.63, 3.8) is 0 Å². The number of methoxy groups -OCH3 is 1. The molecule has 0 spiro atoms. The van der Waals surface area contributed by atoms with Crippen LogP contribution in [0.15, 0.2) is 18.2 Å². The van der Waals surface area contributed by atoms with E-state index in [0.29, 0.717) is 49.4 Å². The number of benzene rings is 1. The van der Waals surface area contributed by atoms with E-state index in [2.05, 4.69) is 5.32 Å². The molecule has 1 saturated carbocycles. The summed E-state index contributed by atoms with van der Waals surface area (Å²) in [5.41, 5.74) is 1.24. The summed E-state index contributed by atoms with van der Waals surface area (Å²) >= 11 is 0. The molecule has 2 aliphatic rings. The third-order valence-corrected chi connectivity index (χ3v) is 5.21. The molecule has 2 amide bonds. The Labute approximate surface area is 152 Å². The molecule has 7 nitrogen and oxygen atoms in total. The van der Waals surface area contributed by atoms with Gasteiger partial charge in [-0.3, -0.25) is 14.4 Å². The van der Waals surface area contributed by atoms with Crippen LogP contribution in [0.5, 0.6) is 5.75 Å². The molecular weight excluding hydrogens is 336 g/mol. The predicted molar refractivity (Wildman–Crippen MR) is 96.3 cm³/mol. The van der Waals surface area contributed by atoms with Gasteiger partial charge in [-0.1, -0.05) is 0 Å². The van der Waals surface area contributed by atoms with Crippen molar-refractivity contribution in [3.05, 3.63) is 18.2 Å². The minimum Gasteiger partial charge on any atom is -0.495 e. The summed E-state index contributed by atoms with van der Waals surface area (Å²) in [6, 6.07) is 5.23. The smallest absolute Gasteiger partial charge is 0.306 e. The maximum absolute atomic E-state index is 12.5. The topological polar surface area (TPSA) is 95.9 Å². The SMILES string of the molecule is COc1ccc(NC(=O)[C@@H]2CC[C@H](C(=O)O)C2)cc1N1CCCCC1=O. The molecule has 1 saturated heterocycles. The molecule has 0 unspecified atom stereocenters. The molecule has 1 heterocycles. The second-order valence-corrected chi connectivity index (χ2v) is 6.92. The Hall–Kier alpha value is -2.57. The Bertz CT molecular complexity index is 718. The average molecular weight is 360 g/mol. The summed E-state index contributed by atoms with van der Waals surface area (Å²) in [5, 5.41) is 11.9. The molecule has 1 aromatic carbocycles. The summed E-state index contributed by atoms with van der Waals surface area (Å²) in [6.45, 7) is 0.634. The number of hydrogen-bond acceptors (Lipinski definition) is 4. The first-order valence-corrected chi connectivity index (χ1v) is 9.01. The fourth-order valence-corrected chi connectivity index (χ4v) is 3.73. The van der Waals surface area contributed by atoms with Crippen molar-refractivity contribution in [1.29, 1.82) is 0 Å². The number of carbonyl (C=O) groups is 3. The van der Waals surface area contributed by atoms with E-state index in [-0.39, 0.29) is 17.7 Å². The molecule has 0 radical (unpaired) electrons. The molecule has 26 heavy (non-hydrogen) atoms. The van der Waals surface area contributed by atoms with Crippen LogP contribution in [0.2, 0.25) is 0 Å². The number of amides is 2. The van der Waals surface area contributed by atoms with Crippen molar-refractivity contribution in [2.75, 3.05) is 23.9 Å². The predicted octanol–water partition coefficient (Wildman–Crippen LogP) is 2.65. The van der Waals surface area contributed by atoms with Crippen LogP contribution in [-0.2, 0) is 14.4 Å². The van der Waals surface area contributed by atoms with Crippen LogP contribution in [-0.4, -0.2) is 36.5 Å². The number of aliphatic carboxylic acids is 1. The maximum Gasteiger partial charge on any atom is 0.306 e. The van der Waals surface area contributed by atoms with Crippen molar-refractivity contribution in [2.45, 2.75) is 38.5 Å². The van der Waals surface area contributed by atoms with Gasteiger partial charge in [0, 0.05) is 24.6 Å². The van der Waals surface area contributed by atoms with Crippen molar-refractivity contribution >= 4 is 29.2 Å². The summed E-state index contributed by atoms with van der Waals surface area (Å²) in [6.07, 6.45) is 3.82. The third-order valence-electron chi connectivity index (χ3n) is 5.21. The van der Waals surface area contributed by atoms with Crippen molar-refractivity contribution < 1.29 is 24.2 Å². The van der Waals surface area contributed by atoms with Crippen LogP contribution in [0.1, 0.15) is 38.5 Å². The molecule has 2 N–H and O–H groups in total. The first kappa shape index (κ1) is 18.2. The van der Waals surface area contributed by atoms with Gasteiger partial charge in [-0.15, -0.1) is 0 Å². The quantitative estimate of drug-likeness (QED) is 0.841. The molecule has 1 aliphatic heterocycles. The van der Waals surface area contributed by atoms with Crippen LogP contribution in [0.3, 0.4) is 0 Å². The molecule has 0 bridgehead atoms. The largest absolute Gasteiger partial charge is 0.495 e. The van der Waals surface area contributed by atoms with E-state index in [4.69, 9.17) is 9.84 Å². The van der Waals surface area contributed by atoms with Gasteiger partial charge < -0.3 is 20.1 Å². The number of rotatable bonds is 5. The monoisotopic (exact) mass is 360 g/mol. The number of carboxylic acid groups (broad SMARTS) is 1. The van der Waals surface area contributed by atoms with Crippen LogP contribution in [0.25, 0.3) is 0 Å². The van der Waals surface area contributed by atoms with Crippen LogP contribution in [0, 0.1) is 11.8 Å². The first-order valence-electron chi connectivity index (χ1n) is 9.01. The Morgan fingerprint density at radius 2 is 2.00 bits per heavy atom. The van der Waals surface area contributed by atoms with Gasteiger partial charge >= 0.3 is 5.97 Å². The minimum absolute atomic E-state index is 0.0538. The molecule has 0 aromatic heterocycles.